The zero-order valence-electron chi connectivity index (χ0n) is 14.1. The number of phenolic OH excluding ortho intramolecular Hbond substituents is 1. The first kappa shape index (κ1) is 15.1. The highest BCUT2D eigenvalue weighted by Gasteiger charge is 2.34. The van der Waals surface area contributed by atoms with E-state index in [-0.39, 0.29) is 11.8 Å². The van der Waals surface area contributed by atoms with E-state index in [2.05, 4.69) is 11.4 Å². The number of hydrogen-bond acceptors (Lipinski definition) is 5. The fourth-order valence-electron chi connectivity index (χ4n) is 3.99. The lowest BCUT2D eigenvalue weighted by molar-refractivity contribution is 0.352. The Bertz CT molecular complexity index is 816. The first-order chi connectivity index (χ1) is 11.7. The number of hydrogen-bond donors (Lipinski definition) is 2. The van der Waals surface area contributed by atoms with Crippen LogP contribution >= 0.6 is 0 Å². The van der Waals surface area contributed by atoms with E-state index in [9.17, 15) is 5.11 Å². The van der Waals surface area contributed by atoms with Crippen molar-refractivity contribution in [3.8, 4) is 34.1 Å². The van der Waals surface area contributed by atoms with Crippen molar-refractivity contribution in [1.82, 2.24) is 5.32 Å². The second-order valence-electron chi connectivity index (χ2n) is 6.20. The molecule has 1 aliphatic carbocycles. The third-order valence-corrected chi connectivity index (χ3v) is 5.03. The molecule has 5 heteroatoms. The van der Waals surface area contributed by atoms with Crippen molar-refractivity contribution in [2.45, 2.75) is 18.9 Å². The number of benzene rings is 2. The normalized spacial score (nSPS) is 17.7. The Balaban J connectivity index is 2.06. The molecule has 2 aromatic rings. The van der Waals surface area contributed by atoms with Crippen molar-refractivity contribution in [3.63, 3.8) is 0 Å². The van der Waals surface area contributed by atoms with Gasteiger partial charge in [0, 0.05) is 11.6 Å². The fourth-order valence-corrected chi connectivity index (χ4v) is 3.99. The van der Waals surface area contributed by atoms with Crippen molar-refractivity contribution >= 4 is 0 Å². The minimum absolute atomic E-state index is 0.136. The Kier molecular flexibility index (Phi) is 3.53. The molecular weight excluding hydrogens is 306 g/mol. The van der Waals surface area contributed by atoms with Crippen LogP contribution in [0, 0.1) is 0 Å². The molecule has 0 bridgehead atoms. The van der Waals surface area contributed by atoms with Gasteiger partial charge in [0.15, 0.2) is 23.0 Å². The van der Waals surface area contributed by atoms with Crippen molar-refractivity contribution in [1.29, 1.82) is 0 Å². The zero-order chi connectivity index (χ0) is 16.8. The van der Waals surface area contributed by atoms with Crippen LogP contribution in [0.2, 0.25) is 0 Å². The van der Waals surface area contributed by atoms with Crippen LogP contribution in [0.5, 0.6) is 23.0 Å². The molecular formula is C19H21NO4. The molecule has 126 valence electrons. The molecule has 0 aromatic heterocycles. The van der Waals surface area contributed by atoms with E-state index in [0.717, 1.165) is 47.6 Å². The fraction of sp³-hybridized carbons (Fsp3) is 0.368. The van der Waals surface area contributed by atoms with E-state index in [1.54, 1.807) is 27.4 Å². The van der Waals surface area contributed by atoms with Gasteiger partial charge in [0.1, 0.15) is 0 Å². The second kappa shape index (κ2) is 5.60. The van der Waals surface area contributed by atoms with E-state index in [1.165, 1.54) is 11.1 Å². The first-order valence-electron chi connectivity index (χ1n) is 8.09. The van der Waals surface area contributed by atoms with Crippen molar-refractivity contribution in [3.05, 3.63) is 34.9 Å². The lowest BCUT2D eigenvalue weighted by atomic mass is 9.77. The van der Waals surface area contributed by atoms with Gasteiger partial charge in [0.05, 0.1) is 21.3 Å². The molecule has 0 saturated carbocycles. The van der Waals surface area contributed by atoms with E-state index < -0.39 is 0 Å². The van der Waals surface area contributed by atoms with Crippen LogP contribution in [0.3, 0.4) is 0 Å². The molecule has 5 nitrogen and oxygen atoms in total. The van der Waals surface area contributed by atoms with Crippen molar-refractivity contribution in [2.75, 3.05) is 27.9 Å². The van der Waals surface area contributed by atoms with Crippen LogP contribution in [0.15, 0.2) is 18.2 Å². The number of rotatable bonds is 3. The third kappa shape index (κ3) is 2.04. The quantitative estimate of drug-likeness (QED) is 0.908. The third-order valence-electron chi connectivity index (χ3n) is 5.03. The molecule has 1 aliphatic heterocycles. The Morgan fingerprint density at radius 1 is 1.00 bits per heavy atom. The molecule has 4 rings (SSSR count). The van der Waals surface area contributed by atoms with Gasteiger partial charge in [-0.25, -0.2) is 0 Å². The van der Waals surface area contributed by atoms with Crippen LogP contribution in [0.4, 0.5) is 0 Å². The Labute approximate surface area is 141 Å². The minimum atomic E-state index is 0.136. The highest BCUT2D eigenvalue weighted by molar-refractivity contribution is 5.85. The van der Waals surface area contributed by atoms with Gasteiger partial charge in [0.2, 0.25) is 0 Å². The summed E-state index contributed by atoms with van der Waals surface area (Å²) in [4.78, 5) is 0. The highest BCUT2D eigenvalue weighted by atomic mass is 16.5. The lowest BCUT2D eigenvalue weighted by Crippen LogP contribution is -2.34. The molecule has 2 N–H and O–H groups in total. The van der Waals surface area contributed by atoms with Crippen molar-refractivity contribution in [2.24, 2.45) is 0 Å². The second-order valence-corrected chi connectivity index (χ2v) is 6.20. The number of methoxy groups -OCH3 is 3. The van der Waals surface area contributed by atoms with Crippen LogP contribution in [0.25, 0.3) is 11.1 Å². The van der Waals surface area contributed by atoms with E-state index >= 15 is 0 Å². The Morgan fingerprint density at radius 3 is 2.46 bits per heavy atom. The average molecular weight is 327 g/mol. The number of nitrogens with one attached hydrogen (secondary N) is 1. The maximum Gasteiger partial charge on any atom is 0.168 e. The van der Waals surface area contributed by atoms with E-state index in [0.29, 0.717) is 5.75 Å². The Morgan fingerprint density at radius 2 is 1.75 bits per heavy atom. The largest absolute Gasteiger partial charge is 0.504 e. The summed E-state index contributed by atoms with van der Waals surface area (Å²) in [6.07, 6.45) is 1.82. The monoisotopic (exact) mass is 327 g/mol. The number of phenols is 1. The standard InChI is InChI=1S/C19H21NO4/c1-22-15-8-11-6-13-17-10(4-5-20-13)7-16(23-2)19(24-3)18(17)12(11)9-14(15)21/h7-9,13,20-21H,4-6H2,1-3H3. The number of aromatic hydroxyl groups is 1. The summed E-state index contributed by atoms with van der Waals surface area (Å²) in [6, 6.07) is 6.02. The smallest absolute Gasteiger partial charge is 0.168 e. The van der Waals surface area contributed by atoms with Crippen LogP contribution < -0.4 is 19.5 Å². The molecule has 0 amide bonds. The molecule has 0 saturated heterocycles. The predicted molar refractivity (Wildman–Crippen MR) is 91.4 cm³/mol. The maximum atomic E-state index is 10.3. The zero-order valence-corrected chi connectivity index (χ0v) is 14.1. The molecule has 1 unspecified atom stereocenters. The van der Waals surface area contributed by atoms with Crippen LogP contribution in [0.1, 0.15) is 22.7 Å². The van der Waals surface area contributed by atoms with Gasteiger partial charge >= 0.3 is 0 Å². The Hall–Kier alpha value is -2.40. The van der Waals surface area contributed by atoms with Gasteiger partial charge in [0.25, 0.3) is 0 Å². The van der Waals surface area contributed by atoms with Crippen LogP contribution in [-0.2, 0) is 12.8 Å². The lowest BCUT2D eigenvalue weighted by Gasteiger charge is -2.35. The molecule has 0 radical (unpaired) electrons. The van der Waals surface area contributed by atoms with Gasteiger partial charge in [-0.1, -0.05) is 0 Å². The first-order valence-corrected chi connectivity index (χ1v) is 8.09. The molecule has 24 heavy (non-hydrogen) atoms. The van der Waals surface area contributed by atoms with E-state index in [1.807, 2.05) is 6.07 Å². The van der Waals surface area contributed by atoms with Gasteiger partial charge in [-0.3, -0.25) is 0 Å². The van der Waals surface area contributed by atoms with Gasteiger partial charge < -0.3 is 24.6 Å². The van der Waals surface area contributed by atoms with Gasteiger partial charge in [-0.15, -0.1) is 0 Å². The summed E-state index contributed by atoms with van der Waals surface area (Å²) in [7, 11) is 4.88. The summed E-state index contributed by atoms with van der Waals surface area (Å²) in [5, 5.41) is 13.9. The number of fused-ring (bicyclic) bond motifs is 2. The molecule has 2 aromatic carbocycles. The number of ether oxygens (including phenoxy) is 3. The average Bonchev–Trinajstić information content (AvgIpc) is 2.61. The minimum Gasteiger partial charge on any atom is -0.504 e. The van der Waals surface area contributed by atoms with Gasteiger partial charge in [-0.2, -0.15) is 0 Å². The summed E-state index contributed by atoms with van der Waals surface area (Å²) in [5.74, 6) is 2.08. The van der Waals surface area contributed by atoms with E-state index in [4.69, 9.17) is 14.2 Å². The molecule has 1 atom stereocenters. The SMILES string of the molecule is COc1cc2c(cc1O)-c1c(OC)c(OC)cc3c1C(C2)NCC3. The molecule has 1 heterocycles. The molecule has 2 aliphatic rings. The van der Waals surface area contributed by atoms with Crippen molar-refractivity contribution < 1.29 is 19.3 Å². The summed E-state index contributed by atoms with van der Waals surface area (Å²) in [6.45, 7) is 0.942. The maximum absolute atomic E-state index is 10.3. The van der Waals surface area contributed by atoms with Gasteiger partial charge in [-0.05, 0) is 59.8 Å². The summed E-state index contributed by atoms with van der Waals surface area (Å²) >= 11 is 0. The molecule has 0 spiro atoms. The molecule has 0 fully saturated rings. The summed E-state index contributed by atoms with van der Waals surface area (Å²) < 4.78 is 16.5. The van der Waals surface area contributed by atoms with Crippen LogP contribution in [-0.4, -0.2) is 33.0 Å². The highest BCUT2D eigenvalue weighted by Crippen LogP contribution is 2.52. The summed E-state index contributed by atoms with van der Waals surface area (Å²) in [5.41, 5.74) is 5.68. The topological polar surface area (TPSA) is 60.0 Å². The predicted octanol–water partition coefficient (Wildman–Crippen LogP) is 2.83.